The molecular formula is C12H19NO2. The first-order valence-electron chi connectivity index (χ1n) is 5.57. The Kier molecular flexibility index (Phi) is 2.69. The first-order valence-corrected chi connectivity index (χ1v) is 5.57. The lowest BCUT2D eigenvalue weighted by molar-refractivity contribution is -0.156. The van der Waals surface area contributed by atoms with Crippen molar-refractivity contribution in [2.45, 2.75) is 19.9 Å². The summed E-state index contributed by atoms with van der Waals surface area (Å²) in [5.74, 6) is 0.354. The number of hydrogen-bond donors (Lipinski definition) is 0. The smallest absolute Gasteiger partial charge is 0.148 e. The molecule has 2 rings (SSSR count). The number of carbonyl (C=O) groups is 1. The Labute approximate surface area is 91.1 Å². The standard InChI is InChI=1S/C12H19NO2/c1-4-9-10(12(2,3)11(9)14)13-5-7-15-8-6-13/h4,9-10H,1,5-8H2,2-3H3. The second kappa shape index (κ2) is 3.72. The van der Waals surface area contributed by atoms with Crippen molar-refractivity contribution in [2.75, 3.05) is 26.3 Å². The Morgan fingerprint density at radius 1 is 1.47 bits per heavy atom. The Bertz CT molecular complexity index is 279. The van der Waals surface area contributed by atoms with Gasteiger partial charge in [-0.15, -0.1) is 6.58 Å². The highest BCUT2D eigenvalue weighted by Crippen LogP contribution is 2.45. The fourth-order valence-electron chi connectivity index (χ4n) is 2.85. The second-order valence-corrected chi connectivity index (χ2v) is 4.94. The number of carbonyl (C=O) groups excluding carboxylic acids is 1. The van der Waals surface area contributed by atoms with Crippen molar-refractivity contribution in [2.24, 2.45) is 11.3 Å². The molecule has 0 N–H and O–H groups in total. The van der Waals surface area contributed by atoms with Crippen LogP contribution in [0, 0.1) is 11.3 Å². The maximum Gasteiger partial charge on any atom is 0.148 e. The van der Waals surface area contributed by atoms with Crippen molar-refractivity contribution in [3.05, 3.63) is 12.7 Å². The van der Waals surface area contributed by atoms with Crippen LogP contribution in [0.5, 0.6) is 0 Å². The molecule has 0 aromatic heterocycles. The minimum Gasteiger partial charge on any atom is -0.379 e. The molecule has 1 aliphatic heterocycles. The summed E-state index contributed by atoms with van der Waals surface area (Å²) in [5, 5.41) is 0. The lowest BCUT2D eigenvalue weighted by Gasteiger charge is -2.54. The zero-order valence-corrected chi connectivity index (χ0v) is 9.53. The van der Waals surface area contributed by atoms with Gasteiger partial charge >= 0.3 is 0 Å². The van der Waals surface area contributed by atoms with Gasteiger partial charge in [0, 0.05) is 24.5 Å². The van der Waals surface area contributed by atoms with Crippen LogP contribution in [0.4, 0.5) is 0 Å². The lowest BCUT2D eigenvalue weighted by atomic mass is 9.58. The van der Waals surface area contributed by atoms with E-state index in [0.717, 1.165) is 26.3 Å². The van der Waals surface area contributed by atoms with Crippen LogP contribution in [-0.4, -0.2) is 43.0 Å². The van der Waals surface area contributed by atoms with Crippen LogP contribution in [0.3, 0.4) is 0 Å². The molecule has 2 fully saturated rings. The van der Waals surface area contributed by atoms with E-state index in [9.17, 15) is 4.79 Å². The summed E-state index contributed by atoms with van der Waals surface area (Å²) in [7, 11) is 0. The molecule has 1 heterocycles. The van der Waals surface area contributed by atoms with Gasteiger partial charge in [0.1, 0.15) is 5.78 Å². The highest BCUT2D eigenvalue weighted by Gasteiger charge is 2.56. The molecule has 3 heteroatoms. The fraction of sp³-hybridized carbons (Fsp3) is 0.750. The quantitative estimate of drug-likeness (QED) is 0.638. The molecule has 84 valence electrons. The SMILES string of the molecule is C=CC1C(=O)C(C)(C)C1N1CCOCC1. The van der Waals surface area contributed by atoms with E-state index in [1.54, 1.807) is 6.08 Å². The van der Waals surface area contributed by atoms with Gasteiger partial charge in [-0.25, -0.2) is 0 Å². The van der Waals surface area contributed by atoms with Crippen LogP contribution in [0.1, 0.15) is 13.8 Å². The van der Waals surface area contributed by atoms with Crippen LogP contribution in [-0.2, 0) is 9.53 Å². The molecule has 1 saturated heterocycles. The summed E-state index contributed by atoms with van der Waals surface area (Å²) in [6.07, 6.45) is 1.80. The highest BCUT2D eigenvalue weighted by molar-refractivity contribution is 5.96. The zero-order valence-electron chi connectivity index (χ0n) is 9.53. The maximum absolute atomic E-state index is 11.8. The third-order valence-corrected chi connectivity index (χ3v) is 3.71. The first-order chi connectivity index (χ1) is 7.09. The van der Waals surface area contributed by atoms with E-state index < -0.39 is 0 Å². The highest BCUT2D eigenvalue weighted by atomic mass is 16.5. The van der Waals surface area contributed by atoms with E-state index in [-0.39, 0.29) is 11.3 Å². The molecule has 2 atom stereocenters. The van der Waals surface area contributed by atoms with E-state index in [1.165, 1.54) is 0 Å². The maximum atomic E-state index is 11.8. The Morgan fingerprint density at radius 2 is 2.07 bits per heavy atom. The Morgan fingerprint density at radius 3 is 2.60 bits per heavy atom. The number of hydrogen-bond acceptors (Lipinski definition) is 3. The normalized spacial score (nSPS) is 36.0. The van der Waals surface area contributed by atoms with Crippen molar-refractivity contribution in [3.8, 4) is 0 Å². The molecule has 1 saturated carbocycles. The molecule has 0 aromatic carbocycles. The molecular weight excluding hydrogens is 190 g/mol. The van der Waals surface area contributed by atoms with Gasteiger partial charge in [0.15, 0.2) is 0 Å². The van der Waals surface area contributed by atoms with E-state index in [2.05, 4.69) is 11.5 Å². The number of morpholine rings is 1. The lowest BCUT2D eigenvalue weighted by Crippen LogP contribution is -2.66. The largest absolute Gasteiger partial charge is 0.379 e. The number of ketones is 1. The average molecular weight is 209 g/mol. The molecule has 2 aliphatic rings. The van der Waals surface area contributed by atoms with Crippen LogP contribution in [0.25, 0.3) is 0 Å². The van der Waals surface area contributed by atoms with E-state index in [1.807, 2.05) is 13.8 Å². The van der Waals surface area contributed by atoms with Gasteiger partial charge in [0.25, 0.3) is 0 Å². The van der Waals surface area contributed by atoms with Gasteiger partial charge in [-0.2, -0.15) is 0 Å². The molecule has 0 spiro atoms. The van der Waals surface area contributed by atoms with Gasteiger partial charge in [-0.1, -0.05) is 19.9 Å². The molecule has 0 bridgehead atoms. The van der Waals surface area contributed by atoms with E-state index in [0.29, 0.717) is 11.8 Å². The molecule has 0 amide bonds. The summed E-state index contributed by atoms with van der Waals surface area (Å²) in [4.78, 5) is 14.2. The predicted octanol–water partition coefficient (Wildman–Crippen LogP) is 1.10. The minimum atomic E-state index is -0.212. The molecule has 2 unspecified atom stereocenters. The summed E-state index contributed by atoms with van der Waals surface area (Å²) in [6.45, 7) is 11.3. The summed E-state index contributed by atoms with van der Waals surface area (Å²) >= 11 is 0. The van der Waals surface area contributed by atoms with E-state index >= 15 is 0 Å². The summed E-state index contributed by atoms with van der Waals surface area (Å²) in [5.41, 5.74) is -0.212. The fourth-order valence-corrected chi connectivity index (χ4v) is 2.85. The van der Waals surface area contributed by atoms with Gasteiger partial charge in [-0.05, 0) is 0 Å². The van der Waals surface area contributed by atoms with Crippen molar-refractivity contribution >= 4 is 5.78 Å². The van der Waals surface area contributed by atoms with Crippen molar-refractivity contribution in [1.82, 2.24) is 4.90 Å². The van der Waals surface area contributed by atoms with Gasteiger partial charge in [0.2, 0.25) is 0 Å². The number of ether oxygens (including phenoxy) is 1. The third kappa shape index (κ3) is 1.54. The molecule has 3 nitrogen and oxygen atoms in total. The van der Waals surface area contributed by atoms with Crippen molar-refractivity contribution in [1.29, 1.82) is 0 Å². The Balaban J connectivity index is 2.12. The zero-order chi connectivity index (χ0) is 11.1. The number of Topliss-reactive ketones (excluding diaryl/α,β-unsaturated/α-hetero) is 1. The van der Waals surface area contributed by atoms with E-state index in [4.69, 9.17) is 4.74 Å². The molecule has 0 radical (unpaired) electrons. The van der Waals surface area contributed by atoms with Crippen LogP contribution < -0.4 is 0 Å². The predicted molar refractivity (Wildman–Crippen MR) is 58.7 cm³/mol. The molecule has 15 heavy (non-hydrogen) atoms. The topological polar surface area (TPSA) is 29.5 Å². The number of rotatable bonds is 2. The van der Waals surface area contributed by atoms with Crippen LogP contribution in [0.15, 0.2) is 12.7 Å². The molecule has 0 aromatic rings. The van der Waals surface area contributed by atoms with Crippen LogP contribution >= 0.6 is 0 Å². The van der Waals surface area contributed by atoms with Gasteiger partial charge in [-0.3, -0.25) is 9.69 Å². The van der Waals surface area contributed by atoms with Crippen molar-refractivity contribution < 1.29 is 9.53 Å². The second-order valence-electron chi connectivity index (χ2n) is 4.94. The average Bonchev–Trinajstić information content (AvgIpc) is 2.25. The third-order valence-electron chi connectivity index (χ3n) is 3.71. The minimum absolute atomic E-state index is 0.0260. The van der Waals surface area contributed by atoms with Crippen LogP contribution in [0.2, 0.25) is 0 Å². The monoisotopic (exact) mass is 209 g/mol. The summed E-state index contributed by atoms with van der Waals surface area (Å²) < 4.78 is 5.33. The first kappa shape index (κ1) is 10.8. The number of nitrogens with zero attached hydrogens (tertiary/aromatic N) is 1. The van der Waals surface area contributed by atoms with Gasteiger partial charge in [0.05, 0.1) is 19.1 Å². The molecule has 1 aliphatic carbocycles. The Hall–Kier alpha value is -0.670. The summed E-state index contributed by atoms with van der Waals surface area (Å²) in [6, 6.07) is 0.325. The van der Waals surface area contributed by atoms with Gasteiger partial charge < -0.3 is 4.74 Å². The van der Waals surface area contributed by atoms with Crippen molar-refractivity contribution in [3.63, 3.8) is 0 Å².